The van der Waals surface area contributed by atoms with Crippen LogP contribution in [0.1, 0.15) is 33.6 Å². The van der Waals surface area contributed by atoms with Crippen LogP contribution in [0.25, 0.3) is 0 Å². The zero-order valence-corrected chi connectivity index (χ0v) is 11.3. The fourth-order valence-corrected chi connectivity index (χ4v) is 3.35. The summed E-state index contributed by atoms with van der Waals surface area (Å²) >= 11 is 1.52. The van der Waals surface area contributed by atoms with Crippen molar-refractivity contribution in [2.45, 2.75) is 45.0 Å². The van der Waals surface area contributed by atoms with E-state index in [2.05, 4.69) is 0 Å². The minimum Gasteiger partial charge on any atom is -0.548 e. The topological polar surface area (TPSA) is 60.4 Å². The minimum atomic E-state index is -1.16. The van der Waals surface area contributed by atoms with Gasteiger partial charge in [-0.1, -0.05) is 18.9 Å². The number of aliphatic carboxylic acids is 1. The molecule has 2 atom stereocenters. The van der Waals surface area contributed by atoms with E-state index < -0.39 is 12.0 Å². The van der Waals surface area contributed by atoms with Crippen molar-refractivity contribution >= 4 is 23.6 Å². The maximum absolute atomic E-state index is 12.0. The van der Waals surface area contributed by atoms with Crippen LogP contribution in [0.5, 0.6) is 0 Å². The van der Waals surface area contributed by atoms with Crippen LogP contribution >= 0.6 is 11.8 Å². The standard InChI is InChI=1S/C12H19NO3S/c1-4-5-11-13(10(14)6-8(2)3)9(7-17-11)12(15)16/h6,9,11H,4-5,7H2,1-3H3,(H,15,16)/p-1/t9-,11-/m1/s1. The summed E-state index contributed by atoms with van der Waals surface area (Å²) in [7, 11) is 0. The summed E-state index contributed by atoms with van der Waals surface area (Å²) < 4.78 is 0. The first-order valence-electron chi connectivity index (χ1n) is 5.77. The van der Waals surface area contributed by atoms with Gasteiger partial charge in [0.15, 0.2) is 0 Å². The van der Waals surface area contributed by atoms with Crippen molar-refractivity contribution in [1.29, 1.82) is 0 Å². The number of carboxylic acid groups (broad SMARTS) is 1. The molecule has 1 amide bonds. The third kappa shape index (κ3) is 3.49. The highest BCUT2D eigenvalue weighted by Crippen LogP contribution is 2.32. The normalized spacial score (nSPS) is 23.6. The van der Waals surface area contributed by atoms with Crippen LogP contribution < -0.4 is 5.11 Å². The number of carboxylic acids is 1. The molecule has 0 N–H and O–H groups in total. The summed E-state index contributed by atoms with van der Waals surface area (Å²) in [4.78, 5) is 24.5. The molecule has 0 aromatic heterocycles. The highest BCUT2D eigenvalue weighted by molar-refractivity contribution is 8.00. The van der Waals surface area contributed by atoms with Crippen molar-refractivity contribution in [1.82, 2.24) is 4.90 Å². The smallest absolute Gasteiger partial charge is 0.247 e. The van der Waals surface area contributed by atoms with Crippen LogP contribution in [0.4, 0.5) is 0 Å². The van der Waals surface area contributed by atoms with Crippen LogP contribution in [0.3, 0.4) is 0 Å². The molecular weight excluding hydrogens is 238 g/mol. The van der Waals surface area contributed by atoms with Gasteiger partial charge in [0, 0.05) is 11.8 Å². The van der Waals surface area contributed by atoms with E-state index in [0.29, 0.717) is 5.75 Å². The Morgan fingerprint density at radius 3 is 2.59 bits per heavy atom. The molecular formula is C12H18NO3S-. The Hall–Kier alpha value is -0.970. The van der Waals surface area contributed by atoms with Crippen LogP contribution in [0.2, 0.25) is 0 Å². The molecule has 4 nitrogen and oxygen atoms in total. The van der Waals surface area contributed by atoms with E-state index in [1.165, 1.54) is 22.7 Å². The van der Waals surface area contributed by atoms with E-state index >= 15 is 0 Å². The molecule has 0 bridgehead atoms. The van der Waals surface area contributed by atoms with Gasteiger partial charge in [0.1, 0.15) is 0 Å². The number of allylic oxidation sites excluding steroid dienone is 1. The molecule has 1 saturated heterocycles. The minimum absolute atomic E-state index is 0.0361. The monoisotopic (exact) mass is 256 g/mol. The van der Waals surface area contributed by atoms with E-state index in [1.807, 2.05) is 20.8 Å². The number of thioether (sulfide) groups is 1. The first kappa shape index (κ1) is 14.1. The predicted molar refractivity (Wildman–Crippen MR) is 66.2 cm³/mol. The van der Waals surface area contributed by atoms with Gasteiger partial charge in [0.25, 0.3) is 0 Å². The molecule has 0 radical (unpaired) electrons. The van der Waals surface area contributed by atoms with Gasteiger partial charge in [-0.15, -0.1) is 11.8 Å². The SMILES string of the molecule is CCC[C@H]1SC[C@H](C(=O)[O-])N1C(=O)C=C(C)C. The van der Waals surface area contributed by atoms with Crippen molar-refractivity contribution in [3.8, 4) is 0 Å². The number of carbonyl (C=O) groups is 2. The molecule has 1 fully saturated rings. The largest absolute Gasteiger partial charge is 0.548 e. The van der Waals surface area contributed by atoms with E-state index in [0.717, 1.165) is 18.4 Å². The van der Waals surface area contributed by atoms with Crippen LogP contribution in [0.15, 0.2) is 11.6 Å². The highest BCUT2D eigenvalue weighted by atomic mass is 32.2. The van der Waals surface area contributed by atoms with Gasteiger partial charge < -0.3 is 14.8 Å². The Morgan fingerprint density at radius 2 is 2.12 bits per heavy atom. The molecule has 1 heterocycles. The maximum Gasteiger partial charge on any atom is 0.247 e. The van der Waals surface area contributed by atoms with Crippen LogP contribution in [-0.2, 0) is 9.59 Å². The summed E-state index contributed by atoms with van der Waals surface area (Å²) in [6.45, 7) is 5.67. The lowest BCUT2D eigenvalue weighted by molar-refractivity contribution is -0.310. The van der Waals surface area contributed by atoms with E-state index in [1.54, 1.807) is 0 Å². The molecule has 17 heavy (non-hydrogen) atoms. The average molecular weight is 256 g/mol. The second kappa shape index (κ2) is 6.10. The summed E-state index contributed by atoms with van der Waals surface area (Å²) in [5, 5.41) is 11.0. The molecule has 96 valence electrons. The number of amides is 1. The average Bonchev–Trinajstić information content (AvgIpc) is 2.61. The van der Waals surface area contributed by atoms with E-state index in [4.69, 9.17) is 0 Å². The summed E-state index contributed by atoms with van der Waals surface area (Å²) in [6.07, 6.45) is 3.23. The Morgan fingerprint density at radius 1 is 1.47 bits per heavy atom. The van der Waals surface area contributed by atoms with Crippen LogP contribution in [0, 0.1) is 0 Å². The number of hydrogen-bond donors (Lipinski definition) is 0. The van der Waals surface area contributed by atoms with Gasteiger partial charge in [-0.25, -0.2) is 0 Å². The molecule has 1 aliphatic heterocycles. The fourth-order valence-electron chi connectivity index (χ4n) is 1.83. The second-order valence-corrected chi connectivity index (χ2v) is 5.59. The lowest BCUT2D eigenvalue weighted by Gasteiger charge is -2.29. The number of rotatable bonds is 4. The third-order valence-electron chi connectivity index (χ3n) is 2.57. The molecule has 0 unspecified atom stereocenters. The van der Waals surface area contributed by atoms with Crippen molar-refractivity contribution in [3.05, 3.63) is 11.6 Å². The molecule has 0 aromatic carbocycles. The number of nitrogens with zero attached hydrogens (tertiary/aromatic N) is 1. The van der Waals surface area contributed by atoms with Crippen LogP contribution in [-0.4, -0.2) is 33.9 Å². The first-order chi connectivity index (χ1) is 7.97. The Balaban J connectivity index is 2.89. The number of carbonyl (C=O) groups excluding carboxylic acids is 2. The Kier molecular flexibility index (Phi) is 5.05. The van der Waals surface area contributed by atoms with Crippen molar-refractivity contribution in [3.63, 3.8) is 0 Å². The number of hydrogen-bond acceptors (Lipinski definition) is 4. The zero-order chi connectivity index (χ0) is 13.0. The van der Waals surface area contributed by atoms with Crippen molar-refractivity contribution < 1.29 is 14.7 Å². The maximum atomic E-state index is 12.0. The van der Waals surface area contributed by atoms with Crippen molar-refractivity contribution in [2.75, 3.05) is 5.75 Å². The molecule has 1 aliphatic rings. The molecule has 0 aliphatic carbocycles. The zero-order valence-electron chi connectivity index (χ0n) is 10.4. The molecule has 0 saturated carbocycles. The lowest BCUT2D eigenvalue weighted by atomic mass is 10.2. The van der Waals surface area contributed by atoms with Gasteiger partial charge in [0.2, 0.25) is 5.91 Å². The predicted octanol–water partition coefficient (Wildman–Crippen LogP) is 0.773. The van der Waals surface area contributed by atoms with Gasteiger partial charge in [0.05, 0.1) is 17.4 Å². The molecule has 0 spiro atoms. The Bertz CT molecular complexity index is 337. The van der Waals surface area contributed by atoms with Gasteiger partial charge >= 0.3 is 0 Å². The molecule has 0 aromatic rings. The van der Waals surface area contributed by atoms with Gasteiger partial charge in [-0.3, -0.25) is 4.79 Å². The Labute approximate surface area is 106 Å². The molecule has 5 heteroatoms. The summed E-state index contributed by atoms with van der Waals surface area (Å²) in [5.74, 6) is -0.954. The first-order valence-corrected chi connectivity index (χ1v) is 6.82. The van der Waals surface area contributed by atoms with Gasteiger partial charge in [-0.05, 0) is 20.3 Å². The van der Waals surface area contributed by atoms with Crippen molar-refractivity contribution in [2.24, 2.45) is 0 Å². The third-order valence-corrected chi connectivity index (χ3v) is 3.92. The highest BCUT2D eigenvalue weighted by Gasteiger charge is 2.36. The second-order valence-electron chi connectivity index (χ2n) is 4.38. The summed E-state index contributed by atoms with van der Waals surface area (Å²) in [5.41, 5.74) is 0.874. The fraction of sp³-hybridized carbons (Fsp3) is 0.667. The quantitative estimate of drug-likeness (QED) is 0.697. The molecule has 1 rings (SSSR count). The lowest BCUT2D eigenvalue weighted by Crippen LogP contribution is -2.50. The van der Waals surface area contributed by atoms with Gasteiger partial charge in [-0.2, -0.15) is 0 Å². The summed E-state index contributed by atoms with van der Waals surface area (Å²) in [6, 6.07) is -0.792. The van der Waals surface area contributed by atoms with E-state index in [-0.39, 0.29) is 11.3 Å². The van der Waals surface area contributed by atoms with E-state index in [9.17, 15) is 14.7 Å².